The molecule has 0 saturated carbocycles. The van der Waals surface area contributed by atoms with Crippen LogP contribution in [0, 0.1) is 5.82 Å². The summed E-state index contributed by atoms with van der Waals surface area (Å²) >= 11 is 0. The maximum absolute atomic E-state index is 13.2. The van der Waals surface area contributed by atoms with Crippen LogP contribution in [0.4, 0.5) is 4.39 Å². The molecule has 3 aromatic carbocycles. The Hall–Kier alpha value is -3.40. The second kappa shape index (κ2) is 7.08. The Morgan fingerprint density at radius 2 is 1.56 bits per heavy atom. The fourth-order valence-corrected chi connectivity index (χ4v) is 3.39. The topological polar surface area (TPSA) is 31.2 Å². The molecule has 0 spiro atoms. The summed E-state index contributed by atoms with van der Waals surface area (Å²) in [4.78, 5) is 13.2. The summed E-state index contributed by atoms with van der Waals surface area (Å²) in [6.07, 6.45) is 0. The maximum Gasteiger partial charge on any atom is 0.294 e. The monoisotopic (exact) mass is 359 g/mol. The number of hydrogen-bond donors (Lipinski definition) is 0. The quantitative estimate of drug-likeness (QED) is 0.521. The van der Waals surface area contributed by atoms with Crippen molar-refractivity contribution in [2.45, 2.75) is 6.54 Å². The molecule has 134 valence electrons. The molecule has 0 aliphatic heterocycles. The normalized spacial score (nSPS) is 10.9. The molecule has 3 nitrogen and oxygen atoms in total. The number of methoxy groups -OCH3 is 1. The Bertz CT molecular complexity index is 1150. The molecule has 0 amide bonds. The van der Waals surface area contributed by atoms with E-state index in [1.54, 1.807) is 16.7 Å². The summed E-state index contributed by atoms with van der Waals surface area (Å²) in [5, 5.41) is 0.933. The molecule has 4 heteroatoms. The molecule has 0 fully saturated rings. The second-order valence-electron chi connectivity index (χ2n) is 6.31. The smallest absolute Gasteiger partial charge is 0.294 e. The van der Waals surface area contributed by atoms with Crippen LogP contribution in [0.5, 0.6) is 5.75 Å². The van der Waals surface area contributed by atoms with Crippen molar-refractivity contribution in [3.05, 3.63) is 101 Å². The van der Waals surface area contributed by atoms with E-state index in [0.29, 0.717) is 12.3 Å². The number of rotatable bonds is 4. The second-order valence-corrected chi connectivity index (χ2v) is 6.31. The van der Waals surface area contributed by atoms with E-state index in [0.717, 1.165) is 27.6 Å². The maximum atomic E-state index is 13.2. The van der Waals surface area contributed by atoms with E-state index in [9.17, 15) is 9.18 Å². The standard InChI is InChI=1S/C23H18FNO2/c1-27-22-21(17-7-3-2-4-8-17)19-9-5-6-10-20(19)25(23(22)26)15-16-11-13-18(24)14-12-16/h2-14H,15H2,1H3. The largest absolute Gasteiger partial charge is 0.491 e. The average molecular weight is 359 g/mol. The van der Waals surface area contributed by atoms with Gasteiger partial charge in [-0.2, -0.15) is 0 Å². The highest BCUT2D eigenvalue weighted by atomic mass is 19.1. The molecular weight excluding hydrogens is 341 g/mol. The van der Waals surface area contributed by atoms with Crippen LogP contribution < -0.4 is 10.3 Å². The van der Waals surface area contributed by atoms with Crippen LogP contribution in [0.2, 0.25) is 0 Å². The minimum absolute atomic E-state index is 0.209. The molecule has 0 unspecified atom stereocenters. The Kier molecular flexibility index (Phi) is 4.47. The molecule has 0 N–H and O–H groups in total. The molecule has 0 atom stereocenters. The van der Waals surface area contributed by atoms with Gasteiger partial charge in [-0.05, 0) is 29.3 Å². The number of benzene rings is 3. The first-order valence-electron chi connectivity index (χ1n) is 8.68. The summed E-state index contributed by atoms with van der Waals surface area (Å²) < 4.78 is 20.4. The fraction of sp³-hybridized carbons (Fsp3) is 0.0870. The Balaban J connectivity index is 2.00. The summed E-state index contributed by atoms with van der Waals surface area (Å²) in [6.45, 7) is 0.338. The zero-order valence-corrected chi connectivity index (χ0v) is 14.9. The molecule has 0 aliphatic rings. The minimum Gasteiger partial charge on any atom is -0.491 e. The third-order valence-corrected chi connectivity index (χ3v) is 4.65. The SMILES string of the molecule is COc1c(-c2ccccc2)c2ccccc2n(Cc2ccc(F)cc2)c1=O. The van der Waals surface area contributed by atoms with Crippen molar-refractivity contribution < 1.29 is 9.13 Å². The molecule has 0 saturated heterocycles. The van der Waals surface area contributed by atoms with Gasteiger partial charge in [0.15, 0.2) is 5.75 Å². The van der Waals surface area contributed by atoms with Gasteiger partial charge in [-0.25, -0.2) is 4.39 Å². The van der Waals surface area contributed by atoms with Gasteiger partial charge >= 0.3 is 0 Å². The van der Waals surface area contributed by atoms with Gasteiger partial charge in [-0.15, -0.1) is 0 Å². The van der Waals surface area contributed by atoms with E-state index in [-0.39, 0.29) is 11.4 Å². The van der Waals surface area contributed by atoms with Crippen molar-refractivity contribution in [1.29, 1.82) is 0 Å². The Morgan fingerprint density at radius 3 is 2.26 bits per heavy atom. The summed E-state index contributed by atoms with van der Waals surface area (Å²) in [6, 6.07) is 23.7. The summed E-state index contributed by atoms with van der Waals surface area (Å²) in [5.74, 6) is 0.00923. The first-order chi connectivity index (χ1) is 13.2. The number of fused-ring (bicyclic) bond motifs is 1. The highest BCUT2D eigenvalue weighted by molar-refractivity contribution is 5.97. The number of aromatic nitrogens is 1. The molecule has 1 aromatic heterocycles. The van der Waals surface area contributed by atoms with E-state index >= 15 is 0 Å². The van der Waals surface area contributed by atoms with Gasteiger partial charge in [0.1, 0.15) is 5.82 Å². The van der Waals surface area contributed by atoms with Crippen molar-refractivity contribution in [3.63, 3.8) is 0 Å². The van der Waals surface area contributed by atoms with Crippen LogP contribution in [-0.2, 0) is 6.54 Å². The van der Waals surface area contributed by atoms with E-state index in [4.69, 9.17) is 4.74 Å². The number of hydrogen-bond acceptors (Lipinski definition) is 2. The van der Waals surface area contributed by atoms with Crippen LogP contribution in [0.15, 0.2) is 83.7 Å². The van der Waals surface area contributed by atoms with Gasteiger partial charge in [0, 0.05) is 10.9 Å². The number of ether oxygens (including phenoxy) is 1. The zero-order chi connectivity index (χ0) is 18.8. The minimum atomic E-state index is -0.298. The number of pyridine rings is 1. The van der Waals surface area contributed by atoms with Gasteiger partial charge in [0.25, 0.3) is 5.56 Å². The Morgan fingerprint density at radius 1 is 0.889 bits per heavy atom. The third-order valence-electron chi connectivity index (χ3n) is 4.65. The van der Waals surface area contributed by atoms with E-state index in [2.05, 4.69) is 0 Å². The zero-order valence-electron chi connectivity index (χ0n) is 14.9. The van der Waals surface area contributed by atoms with Crippen LogP contribution in [-0.4, -0.2) is 11.7 Å². The van der Waals surface area contributed by atoms with Crippen LogP contribution >= 0.6 is 0 Å². The lowest BCUT2D eigenvalue weighted by Crippen LogP contribution is -2.23. The van der Waals surface area contributed by atoms with Crippen molar-refractivity contribution in [2.75, 3.05) is 7.11 Å². The molecular formula is C23H18FNO2. The summed E-state index contributed by atoms with van der Waals surface area (Å²) in [7, 11) is 1.51. The average Bonchev–Trinajstić information content (AvgIpc) is 2.71. The summed E-state index contributed by atoms with van der Waals surface area (Å²) in [5.41, 5.74) is 3.16. The first-order valence-corrected chi connectivity index (χ1v) is 8.68. The lowest BCUT2D eigenvalue weighted by Gasteiger charge is -2.17. The molecule has 27 heavy (non-hydrogen) atoms. The van der Waals surface area contributed by atoms with Crippen molar-refractivity contribution in [2.24, 2.45) is 0 Å². The number of halogens is 1. The van der Waals surface area contributed by atoms with Crippen molar-refractivity contribution in [1.82, 2.24) is 4.57 Å². The highest BCUT2D eigenvalue weighted by Crippen LogP contribution is 2.34. The lowest BCUT2D eigenvalue weighted by atomic mass is 9.99. The molecule has 4 rings (SSSR count). The predicted octanol–water partition coefficient (Wildman–Crippen LogP) is 4.86. The van der Waals surface area contributed by atoms with Crippen molar-refractivity contribution >= 4 is 10.9 Å². The van der Waals surface area contributed by atoms with Gasteiger partial charge in [0.2, 0.25) is 0 Å². The third kappa shape index (κ3) is 3.10. The number of nitrogens with zero attached hydrogens (tertiary/aromatic N) is 1. The fourth-order valence-electron chi connectivity index (χ4n) is 3.39. The van der Waals surface area contributed by atoms with Gasteiger partial charge < -0.3 is 9.30 Å². The molecule has 0 radical (unpaired) electrons. The first kappa shape index (κ1) is 17.0. The van der Waals surface area contributed by atoms with Crippen molar-refractivity contribution in [3.8, 4) is 16.9 Å². The Labute approximate surface area is 156 Å². The molecule has 1 heterocycles. The van der Waals surface area contributed by atoms with E-state index in [1.165, 1.54) is 19.2 Å². The molecule has 0 aliphatic carbocycles. The highest BCUT2D eigenvalue weighted by Gasteiger charge is 2.18. The van der Waals surface area contributed by atoms with Crippen LogP contribution in [0.25, 0.3) is 22.0 Å². The number of para-hydroxylation sites is 1. The van der Waals surface area contributed by atoms with E-state index < -0.39 is 0 Å². The molecule has 0 bridgehead atoms. The predicted molar refractivity (Wildman–Crippen MR) is 106 cm³/mol. The van der Waals surface area contributed by atoms with E-state index in [1.807, 2.05) is 54.6 Å². The van der Waals surface area contributed by atoms with Gasteiger partial charge in [-0.3, -0.25) is 4.79 Å². The van der Waals surface area contributed by atoms with Crippen LogP contribution in [0.3, 0.4) is 0 Å². The lowest BCUT2D eigenvalue weighted by molar-refractivity contribution is 0.407. The van der Waals surface area contributed by atoms with Gasteiger partial charge in [-0.1, -0.05) is 60.7 Å². The van der Waals surface area contributed by atoms with Gasteiger partial charge in [0.05, 0.1) is 19.2 Å². The molecule has 4 aromatic rings. The van der Waals surface area contributed by atoms with Crippen LogP contribution in [0.1, 0.15) is 5.56 Å².